The van der Waals surface area contributed by atoms with E-state index in [9.17, 15) is 9.18 Å². The first-order chi connectivity index (χ1) is 15.9. The number of rotatable bonds is 7. The lowest BCUT2D eigenvalue weighted by molar-refractivity contribution is 0.102. The molecule has 33 heavy (non-hydrogen) atoms. The number of nitrogens with one attached hydrogen (secondary N) is 1. The maximum absolute atomic E-state index is 13.0. The molecule has 6 heteroatoms. The molecule has 0 fully saturated rings. The Morgan fingerprint density at radius 3 is 2.21 bits per heavy atom. The van der Waals surface area contributed by atoms with Crippen LogP contribution in [0, 0.1) is 26.6 Å². The molecule has 0 radical (unpaired) electrons. The fourth-order valence-electron chi connectivity index (χ4n) is 3.53. The largest absolute Gasteiger partial charge is 0.489 e. The SMILES string of the molecule is Cc1ccc(Cn2nc(C)c(NC(=O)c3ccc(COc4ccc(F)cc4)cc3)c2C)cc1. The Kier molecular flexibility index (Phi) is 6.54. The van der Waals surface area contributed by atoms with Crippen LogP contribution in [-0.2, 0) is 13.2 Å². The lowest BCUT2D eigenvalue weighted by Crippen LogP contribution is -2.13. The van der Waals surface area contributed by atoms with Gasteiger partial charge in [-0.15, -0.1) is 0 Å². The third kappa shape index (κ3) is 5.47. The number of hydrogen-bond acceptors (Lipinski definition) is 3. The van der Waals surface area contributed by atoms with Gasteiger partial charge in [0.15, 0.2) is 0 Å². The van der Waals surface area contributed by atoms with Crippen LogP contribution in [0.5, 0.6) is 5.75 Å². The quantitative estimate of drug-likeness (QED) is 0.391. The topological polar surface area (TPSA) is 56.2 Å². The molecule has 0 spiro atoms. The van der Waals surface area contributed by atoms with Crippen LogP contribution in [0.15, 0.2) is 72.8 Å². The van der Waals surface area contributed by atoms with E-state index < -0.39 is 0 Å². The summed E-state index contributed by atoms with van der Waals surface area (Å²) in [5, 5.41) is 7.61. The van der Waals surface area contributed by atoms with Gasteiger partial charge in [-0.3, -0.25) is 9.48 Å². The van der Waals surface area contributed by atoms with E-state index in [0.29, 0.717) is 24.5 Å². The second kappa shape index (κ2) is 9.69. The maximum Gasteiger partial charge on any atom is 0.255 e. The van der Waals surface area contributed by atoms with E-state index in [1.165, 1.54) is 17.7 Å². The van der Waals surface area contributed by atoms with Crippen LogP contribution in [0.25, 0.3) is 0 Å². The average molecular weight is 444 g/mol. The lowest BCUT2D eigenvalue weighted by Gasteiger charge is -2.09. The maximum atomic E-state index is 13.0. The molecule has 1 heterocycles. The van der Waals surface area contributed by atoms with Crippen molar-refractivity contribution in [1.29, 1.82) is 0 Å². The van der Waals surface area contributed by atoms with Gasteiger partial charge in [0.05, 0.1) is 23.6 Å². The van der Waals surface area contributed by atoms with Crippen LogP contribution in [0.1, 0.15) is 38.4 Å². The Bertz CT molecular complexity index is 1240. The molecule has 0 aliphatic heterocycles. The number of benzene rings is 3. The number of amides is 1. The molecule has 168 valence electrons. The van der Waals surface area contributed by atoms with Crippen molar-refractivity contribution in [2.75, 3.05) is 5.32 Å². The molecular formula is C27H26FN3O2. The predicted octanol–water partition coefficient (Wildman–Crippen LogP) is 5.83. The van der Waals surface area contributed by atoms with Crippen LogP contribution in [0.3, 0.4) is 0 Å². The number of carbonyl (C=O) groups excluding carboxylic acids is 1. The molecule has 0 saturated heterocycles. The zero-order valence-electron chi connectivity index (χ0n) is 18.9. The standard InChI is InChI=1S/C27H26FN3O2/c1-18-4-6-21(7-5-18)16-31-20(3)26(19(2)30-31)29-27(32)23-10-8-22(9-11-23)17-33-25-14-12-24(28)13-15-25/h4-15H,16-17H2,1-3H3,(H,29,32). The molecule has 3 aromatic carbocycles. The molecule has 1 amide bonds. The number of nitrogens with zero attached hydrogens (tertiary/aromatic N) is 2. The first-order valence-corrected chi connectivity index (χ1v) is 10.8. The summed E-state index contributed by atoms with van der Waals surface area (Å²) in [4.78, 5) is 12.8. The van der Waals surface area contributed by atoms with Crippen molar-refractivity contribution in [2.45, 2.75) is 33.9 Å². The van der Waals surface area contributed by atoms with Gasteiger partial charge in [0.1, 0.15) is 18.2 Å². The van der Waals surface area contributed by atoms with Gasteiger partial charge in [-0.2, -0.15) is 5.10 Å². The smallest absolute Gasteiger partial charge is 0.255 e. The predicted molar refractivity (Wildman–Crippen MR) is 127 cm³/mol. The summed E-state index contributed by atoms with van der Waals surface area (Å²) in [6, 6.07) is 21.4. The minimum Gasteiger partial charge on any atom is -0.489 e. The number of hydrogen-bond donors (Lipinski definition) is 1. The van der Waals surface area contributed by atoms with E-state index in [0.717, 1.165) is 28.2 Å². The summed E-state index contributed by atoms with van der Waals surface area (Å²) < 4.78 is 20.6. The molecule has 0 bridgehead atoms. The number of carbonyl (C=O) groups is 1. The van der Waals surface area contributed by atoms with Gasteiger partial charge in [-0.25, -0.2) is 4.39 Å². The Morgan fingerprint density at radius 2 is 1.55 bits per heavy atom. The molecule has 4 rings (SSSR count). The van der Waals surface area contributed by atoms with E-state index in [1.807, 2.05) is 30.7 Å². The highest BCUT2D eigenvalue weighted by molar-refractivity contribution is 6.04. The lowest BCUT2D eigenvalue weighted by atomic mass is 10.1. The summed E-state index contributed by atoms with van der Waals surface area (Å²) in [7, 11) is 0. The fourth-order valence-corrected chi connectivity index (χ4v) is 3.53. The molecule has 0 saturated carbocycles. The third-order valence-corrected chi connectivity index (χ3v) is 5.51. The van der Waals surface area contributed by atoms with E-state index >= 15 is 0 Å². The van der Waals surface area contributed by atoms with E-state index in [2.05, 4.69) is 41.6 Å². The molecule has 1 aromatic heterocycles. The van der Waals surface area contributed by atoms with Crippen LogP contribution in [0.2, 0.25) is 0 Å². The van der Waals surface area contributed by atoms with Crippen LogP contribution >= 0.6 is 0 Å². The summed E-state index contributed by atoms with van der Waals surface area (Å²) >= 11 is 0. The normalized spacial score (nSPS) is 10.8. The Labute approximate surface area is 192 Å². The Hall–Kier alpha value is -3.93. The Balaban J connectivity index is 1.40. The van der Waals surface area contributed by atoms with Crippen molar-refractivity contribution in [3.05, 3.63) is 112 Å². The number of halogens is 1. The van der Waals surface area contributed by atoms with Gasteiger partial charge < -0.3 is 10.1 Å². The molecule has 4 aromatic rings. The molecular weight excluding hydrogens is 417 g/mol. The van der Waals surface area contributed by atoms with Gasteiger partial charge in [-0.1, -0.05) is 42.0 Å². The third-order valence-electron chi connectivity index (χ3n) is 5.51. The Morgan fingerprint density at radius 1 is 0.909 bits per heavy atom. The summed E-state index contributed by atoms with van der Waals surface area (Å²) in [6.45, 7) is 6.89. The van der Waals surface area contributed by atoms with E-state index in [1.54, 1.807) is 24.3 Å². The van der Waals surface area contributed by atoms with Crippen LogP contribution in [-0.4, -0.2) is 15.7 Å². The molecule has 1 N–H and O–H groups in total. The summed E-state index contributed by atoms with van der Waals surface area (Å²) in [6.07, 6.45) is 0. The second-order valence-corrected chi connectivity index (χ2v) is 8.08. The fraction of sp³-hybridized carbons (Fsp3) is 0.185. The molecule has 0 aliphatic carbocycles. The minimum absolute atomic E-state index is 0.193. The number of aromatic nitrogens is 2. The van der Waals surface area contributed by atoms with Crippen LogP contribution in [0.4, 0.5) is 10.1 Å². The molecule has 0 atom stereocenters. The number of anilines is 1. The van der Waals surface area contributed by atoms with Crippen molar-refractivity contribution < 1.29 is 13.9 Å². The highest BCUT2D eigenvalue weighted by Gasteiger charge is 2.15. The van der Waals surface area contributed by atoms with Crippen molar-refractivity contribution in [1.82, 2.24) is 9.78 Å². The second-order valence-electron chi connectivity index (χ2n) is 8.08. The molecule has 0 unspecified atom stereocenters. The summed E-state index contributed by atoms with van der Waals surface area (Å²) in [5.74, 6) is 0.0952. The van der Waals surface area contributed by atoms with E-state index in [4.69, 9.17) is 4.74 Å². The van der Waals surface area contributed by atoms with Gasteiger partial charge in [0.2, 0.25) is 0 Å². The van der Waals surface area contributed by atoms with Crippen molar-refractivity contribution in [3.63, 3.8) is 0 Å². The molecule has 5 nitrogen and oxygen atoms in total. The van der Waals surface area contributed by atoms with Crippen molar-refractivity contribution in [2.24, 2.45) is 0 Å². The average Bonchev–Trinajstić information content (AvgIpc) is 3.08. The van der Waals surface area contributed by atoms with Crippen molar-refractivity contribution in [3.8, 4) is 5.75 Å². The van der Waals surface area contributed by atoms with Gasteiger partial charge in [-0.05, 0) is 68.3 Å². The highest BCUT2D eigenvalue weighted by atomic mass is 19.1. The monoisotopic (exact) mass is 443 g/mol. The zero-order valence-corrected chi connectivity index (χ0v) is 18.9. The van der Waals surface area contributed by atoms with Gasteiger partial charge >= 0.3 is 0 Å². The van der Waals surface area contributed by atoms with Crippen molar-refractivity contribution >= 4 is 11.6 Å². The van der Waals surface area contributed by atoms with E-state index in [-0.39, 0.29) is 11.7 Å². The number of ether oxygens (including phenoxy) is 1. The van der Waals surface area contributed by atoms with Gasteiger partial charge in [0.25, 0.3) is 5.91 Å². The number of aryl methyl sites for hydroxylation is 2. The zero-order chi connectivity index (χ0) is 23.4. The first kappa shape index (κ1) is 22.3. The summed E-state index contributed by atoms with van der Waals surface area (Å²) in [5.41, 5.74) is 6.24. The first-order valence-electron chi connectivity index (χ1n) is 10.8. The molecule has 0 aliphatic rings. The minimum atomic E-state index is -0.302. The highest BCUT2D eigenvalue weighted by Crippen LogP contribution is 2.22. The van der Waals surface area contributed by atoms with Gasteiger partial charge in [0, 0.05) is 5.56 Å². The van der Waals surface area contributed by atoms with Crippen LogP contribution < -0.4 is 10.1 Å².